The smallest absolute Gasteiger partial charge is 0.303 e. The Labute approximate surface area is 71.1 Å². The molecule has 5 heteroatoms. The number of carboxylic acid groups (broad SMARTS) is 1. The van der Waals surface area contributed by atoms with Crippen LogP contribution >= 0.6 is 0 Å². The number of carbonyl (C=O) groups is 1. The number of hydrogen-bond acceptors (Lipinski definition) is 3. The second-order valence-electron chi connectivity index (χ2n) is 2.56. The number of unbranched alkanes of at least 4 members (excludes halogenated alkanes) is 3. The van der Waals surface area contributed by atoms with Crippen molar-refractivity contribution in [1.29, 1.82) is 0 Å². The summed E-state index contributed by atoms with van der Waals surface area (Å²) in [5.41, 5.74) is 2.30. The van der Waals surface area contributed by atoms with Crippen molar-refractivity contribution in [3.8, 4) is 0 Å². The third-order valence-electron chi connectivity index (χ3n) is 1.49. The molecule has 0 aromatic rings. The summed E-state index contributed by atoms with van der Waals surface area (Å²) in [6.07, 6.45) is 3.65. The standard InChI is InChI=1S/C7H14N2O3/c10-7(11)5-3-1-2-4-6-8-9-12/h1-6H2,(H,8,12)(H,10,11). The SMILES string of the molecule is O=NNCCCCCCC(=O)O. The van der Waals surface area contributed by atoms with Gasteiger partial charge in [-0.25, -0.2) is 0 Å². The fourth-order valence-corrected chi connectivity index (χ4v) is 0.879. The third kappa shape index (κ3) is 8.87. The average Bonchev–Trinajstić information content (AvgIpc) is 2.02. The van der Waals surface area contributed by atoms with E-state index in [-0.39, 0.29) is 6.42 Å². The van der Waals surface area contributed by atoms with E-state index >= 15 is 0 Å². The molecule has 0 heterocycles. The molecule has 2 N–H and O–H groups in total. The molecule has 0 saturated heterocycles. The predicted molar refractivity (Wildman–Crippen MR) is 44.5 cm³/mol. The molecule has 0 aromatic heterocycles. The maximum absolute atomic E-state index is 10.1. The quantitative estimate of drug-likeness (QED) is 0.330. The predicted octanol–water partition coefficient (Wildman–Crippen LogP) is 1.29. The Morgan fingerprint density at radius 3 is 2.50 bits per heavy atom. The van der Waals surface area contributed by atoms with E-state index in [4.69, 9.17) is 5.11 Å². The van der Waals surface area contributed by atoms with Gasteiger partial charge in [-0.05, 0) is 12.8 Å². The molecule has 0 aliphatic heterocycles. The number of aliphatic carboxylic acids is 1. The van der Waals surface area contributed by atoms with Gasteiger partial charge in [-0.1, -0.05) is 12.8 Å². The summed E-state index contributed by atoms with van der Waals surface area (Å²) >= 11 is 0. The molecule has 0 atom stereocenters. The minimum Gasteiger partial charge on any atom is -0.481 e. The van der Waals surface area contributed by atoms with E-state index in [1.807, 2.05) is 0 Å². The van der Waals surface area contributed by atoms with Gasteiger partial charge in [0.1, 0.15) is 0 Å². The molecule has 0 aliphatic carbocycles. The van der Waals surface area contributed by atoms with Gasteiger partial charge in [0.25, 0.3) is 0 Å². The Morgan fingerprint density at radius 1 is 1.25 bits per heavy atom. The van der Waals surface area contributed by atoms with Crippen molar-refractivity contribution in [2.24, 2.45) is 5.29 Å². The van der Waals surface area contributed by atoms with Gasteiger partial charge in [-0.2, -0.15) is 0 Å². The van der Waals surface area contributed by atoms with Gasteiger partial charge >= 0.3 is 5.97 Å². The van der Waals surface area contributed by atoms with Crippen LogP contribution in [-0.2, 0) is 4.79 Å². The summed E-state index contributed by atoms with van der Waals surface area (Å²) in [6, 6.07) is 0. The summed E-state index contributed by atoms with van der Waals surface area (Å²) in [5.74, 6) is -0.748. The first kappa shape index (κ1) is 10.9. The fourth-order valence-electron chi connectivity index (χ4n) is 0.879. The number of nitrogens with zero attached hydrogens (tertiary/aromatic N) is 1. The zero-order chi connectivity index (χ0) is 9.23. The number of carboxylic acids is 1. The molecule has 12 heavy (non-hydrogen) atoms. The van der Waals surface area contributed by atoms with Crippen molar-refractivity contribution in [3.63, 3.8) is 0 Å². The van der Waals surface area contributed by atoms with Crippen LogP contribution in [0.5, 0.6) is 0 Å². The highest BCUT2D eigenvalue weighted by Crippen LogP contribution is 2.01. The van der Waals surface area contributed by atoms with E-state index < -0.39 is 5.97 Å². The lowest BCUT2D eigenvalue weighted by Gasteiger charge is -1.97. The molecular formula is C7H14N2O3. The first-order valence-electron chi connectivity index (χ1n) is 4.04. The molecule has 0 fully saturated rings. The third-order valence-corrected chi connectivity index (χ3v) is 1.49. The second kappa shape index (κ2) is 7.97. The van der Waals surface area contributed by atoms with Gasteiger partial charge in [-0.3, -0.25) is 10.2 Å². The summed E-state index contributed by atoms with van der Waals surface area (Å²) in [5, 5.41) is 10.8. The lowest BCUT2D eigenvalue weighted by atomic mass is 10.1. The molecule has 0 bridgehead atoms. The van der Waals surface area contributed by atoms with Crippen LogP contribution in [-0.4, -0.2) is 17.6 Å². The molecule has 0 unspecified atom stereocenters. The zero-order valence-electron chi connectivity index (χ0n) is 6.95. The minimum absolute atomic E-state index is 0.235. The second-order valence-corrected chi connectivity index (χ2v) is 2.56. The van der Waals surface area contributed by atoms with E-state index in [9.17, 15) is 9.70 Å². The van der Waals surface area contributed by atoms with Crippen molar-refractivity contribution in [3.05, 3.63) is 4.91 Å². The van der Waals surface area contributed by atoms with Crippen molar-refractivity contribution < 1.29 is 9.90 Å². The Bertz CT molecular complexity index is 139. The van der Waals surface area contributed by atoms with Gasteiger partial charge < -0.3 is 5.11 Å². The van der Waals surface area contributed by atoms with Crippen LogP contribution in [0.15, 0.2) is 5.29 Å². The van der Waals surface area contributed by atoms with Gasteiger partial charge in [0.15, 0.2) is 0 Å². The van der Waals surface area contributed by atoms with Gasteiger partial charge in [0.2, 0.25) is 0 Å². The van der Waals surface area contributed by atoms with Crippen LogP contribution in [0.1, 0.15) is 32.1 Å². The number of nitrogens with one attached hydrogen (secondary N) is 1. The van der Waals surface area contributed by atoms with Crippen molar-refractivity contribution in [2.75, 3.05) is 6.54 Å². The fraction of sp³-hybridized carbons (Fsp3) is 0.857. The first-order valence-corrected chi connectivity index (χ1v) is 4.04. The highest BCUT2D eigenvalue weighted by molar-refractivity contribution is 5.66. The lowest BCUT2D eigenvalue weighted by molar-refractivity contribution is -0.137. The van der Waals surface area contributed by atoms with Crippen LogP contribution in [0.4, 0.5) is 0 Å². The van der Waals surface area contributed by atoms with Crippen molar-refractivity contribution >= 4 is 5.97 Å². The Balaban J connectivity index is 2.90. The van der Waals surface area contributed by atoms with Crippen LogP contribution in [0.3, 0.4) is 0 Å². The summed E-state index contributed by atoms with van der Waals surface area (Å²) in [6.45, 7) is 0.580. The van der Waals surface area contributed by atoms with Crippen molar-refractivity contribution in [1.82, 2.24) is 5.43 Å². The molecule has 0 rings (SSSR count). The lowest BCUT2D eigenvalue weighted by Crippen LogP contribution is -2.05. The van der Waals surface area contributed by atoms with E-state index in [0.717, 1.165) is 19.3 Å². The number of nitroso groups, excluding NO2 is 1. The van der Waals surface area contributed by atoms with E-state index in [2.05, 4.69) is 10.7 Å². The Hall–Kier alpha value is -1.13. The minimum atomic E-state index is -0.748. The maximum Gasteiger partial charge on any atom is 0.303 e. The highest BCUT2D eigenvalue weighted by atomic mass is 16.4. The molecule has 0 radical (unpaired) electrons. The molecule has 0 spiro atoms. The molecule has 0 aromatic carbocycles. The van der Waals surface area contributed by atoms with E-state index in [0.29, 0.717) is 13.0 Å². The summed E-state index contributed by atoms with van der Waals surface area (Å²) in [4.78, 5) is 19.6. The van der Waals surface area contributed by atoms with Crippen LogP contribution in [0.2, 0.25) is 0 Å². The van der Waals surface area contributed by atoms with Gasteiger partial charge in [0, 0.05) is 18.3 Å². The first-order chi connectivity index (χ1) is 5.77. The average molecular weight is 174 g/mol. The van der Waals surface area contributed by atoms with Gasteiger partial charge in [-0.15, -0.1) is 4.91 Å². The summed E-state index contributed by atoms with van der Waals surface area (Å²) in [7, 11) is 0. The molecule has 0 saturated carbocycles. The summed E-state index contributed by atoms with van der Waals surface area (Å²) < 4.78 is 0. The normalized spacial score (nSPS) is 9.33. The molecule has 0 amide bonds. The molecule has 5 nitrogen and oxygen atoms in total. The van der Waals surface area contributed by atoms with Crippen LogP contribution in [0.25, 0.3) is 0 Å². The Morgan fingerprint density at radius 2 is 1.92 bits per heavy atom. The zero-order valence-corrected chi connectivity index (χ0v) is 6.95. The van der Waals surface area contributed by atoms with Gasteiger partial charge in [0.05, 0.1) is 0 Å². The molecule has 70 valence electrons. The van der Waals surface area contributed by atoms with Crippen molar-refractivity contribution in [2.45, 2.75) is 32.1 Å². The number of hydrogen-bond donors (Lipinski definition) is 2. The van der Waals surface area contributed by atoms with Crippen LogP contribution in [0, 0.1) is 4.91 Å². The number of rotatable bonds is 8. The van der Waals surface area contributed by atoms with Crippen LogP contribution < -0.4 is 5.43 Å². The maximum atomic E-state index is 10.1. The van der Waals surface area contributed by atoms with E-state index in [1.165, 1.54) is 0 Å². The Kier molecular flexibility index (Phi) is 7.22. The molecule has 0 aliphatic rings. The topological polar surface area (TPSA) is 78.8 Å². The molecular weight excluding hydrogens is 160 g/mol. The highest BCUT2D eigenvalue weighted by Gasteiger charge is 1.95. The monoisotopic (exact) mass is 174 g/mol. The largest absolute Gasteiger partial charge is 0.481 e. The van der Waals surface area contributed by atoms with E-state index in [1.54, 1.807) is 0 Å².